The average molecular weight is 523 g/mol. The minimum Gasteiger partial charge on any atom is -0.507 e. The van der Waals surface area contributed by atoms with Crippen LogP contribution in [0.5, 0.6) is 5.75 Å². The molecule has 0 radical (unpaired) electrons. The van der Waals surface area contributed by atoms with Crippen LogP contribution in [0.4, 0.5) is 0 Å². The summed E-state index contributed by atoms with van der Waals surface area (Å²) < 4.78 is 1.80. The fourth-order valence-corrected chi connectivity index (χ4v) is 5.69. The number of para-hydroxylation sites is 1. The Bertz CT molecular complexity index is 1920. The lowest BCUT2D eigenvalue weighted by Crippen LogP contribution is -2.00. The van der Waals surface area contributed by atoms with Gasteiger partial charge in [0.25, 0.3) is 0 Å². The third-order valence-corrected chi connectivity index (χ3v) is 7.67. The maximum Gasteiger partial charge on any atom is 0.161 e. The molecule has 0 aliphatic carbocycles. The maximum atomic E-state index is 12.4. The average Bonchev–Trinajstić information content (AvgIpc) is 3.27. The van der Waals surface area contributed by atoms with Crippen LogP contribution >= 0.6 is 0 Å². The van der Waals surface area contributed by atoms with E-state index < -0.39 is 0 Å². The third-order valence-electron chi connectivity index (χ3n) is 7.67. The molecule has 0 amide bonds. The second-order valence-electron chi connectivity index (χ2n) is 10.4. The fraction of sp³-hybridized carbons (Fsp3) is 0.111. The van der Waals surface area contributed by atoms with Crippen LogP contribution in [0.25, 0.3) is 43.9 Å². The number of aromatic nitrogens is 1. The number of hydrogen-bond acceptors (Lipinski definition) is 3. The molecule has 0 saturated carbocycles. The number of aromatic hydroxyl groups is 1. The van der Waals surface area contributed by atoms with Gasteiger partial charge in [-0.2, -0.15) is 5.10 Å². The lowest BCUT2D eigenvalue weighted by Gasteiger charge is -2.14. The van der Waals surface area contributed by atoms with Crippen LogP contribution in [-0.2, 0) is 0 Å². The molecule has 196 valence electrons. The first kappa shape index (κ1) is 25.3. The second-order valence-corrected chi connectivity index (χ2v) is 10.4. The number of carbonyl (C=O) groups excluding carboxylic acids is 1. The number of benzene rings is 5. The molecule has 6 rings (SSSR count). The first-order valence-electron chi connectivity index (χ1n) is 13.4. The predicted octanol–water partition coefficient (Wildman–Crippen LogP) is 8.84. The zero-order chi connectivity index (χ0) is 28.0. The van der Waals surface area contributed by atoms with Crippen molar-refractivity contribution in [1.29, 1.82) is 0 Å². The van der Waals surface area contributed by atoms with E-state index in [4.69, 9.17) is 5.10 Å². The van der Waals surface area contributed by atoms with Crippen molar-refractivity contribution in [2.75, 3.05) is 0 Å². The van der Waals surface area contributed by atoms with E-state index in [-0.39, 0.29) is 11.5 Å². The lowest BCUT2D eigenvalue weighted by atomic mass is 9.91. The largest absolute Gasteiger partial charge is 0.507 e. The highest BCUT2D eigenvalue weighted by Crippen LogP contribution is 2.41. The van der Waals surface area contributed by atoms with Crippen molar-refractivity contribution >= 4 is 33.5 Å². The van der Waals surface area contributed by atoms with Crippen molar-refractivity contribution in [2.45, 2.75) is 27.7 Å². The van der Waals surface area contributed by atoms with E-state index in [2.05, 4.69) is 62.4 Å². The van der Waals surface area contributed by atoms with Gasteiger partial charge in [-0.25, -0.2) is 4.68 Å². The maximum absolute atomic E-state index is 12.4. The van der Waals surface area contributed by atoms with Crippen LogP contribution in [0, 0.1) is 20.8 Å². The van der Waals surface area contributed by atoms with Crippen LogP contribution in [0.1, 0.15) is 39.7 Å². The standard InChI is InChI=1S/C36H30N2O2/c1-22-16-17-29(23(2)18-22)34-20-33(25(4)39)24(3)38(34)37-21-28-12-9-15-32(36(28)40)35-30-13-7-5-10-26(30)19-27-11-6-8-14-31(27)35/h5-21,40H,1-4H3/b37-21-. The molecule has 4 nitrogen and oxygen atoms in total. The van der Waals surface area contributed by atoms with Gasteiger partial charge in [-0.05, 0) is 73.0 Å². The number of Topliss-reactive ketones (excluding diaryl/α,β-unsaturated/α-hetero) is 1. The van der Waals surface area contributed by atoms with Gasteiger partial charge in [-0.1, -0.05) is 84.4 Å². The van der Waals surface area contributed by atoms with E-state index in [0.717, 1.165) is 55.2 Å². The molecule has 0 unspecified atom stereocenters. The van der Waals surface area contributed by atoms with Crippen molar-refractivity contribution in [1.82, 2.24) is 4.68 Å². The number of aryl methyl sites for hydroxylation is 2. The smallest absolute Gasteiger partial charge is 0.161 e. The first-order chi connectivity index (χ1) is 19.3. The summed E-state index contributed by atoms with van der Waals surface area (Å²) in [6.07, 6.45) is 1.68. The number of hydrogen-bond donors (Lipinski definition) is 1. The van der Waals surface area contributed by atoms with Gasteiger partial charge in [-0.15, -0.1) is 0 Å². The number of carbonyl (C=O) groups is 1. The molecule has 4 heteroatoms. The number of phenolic OH excluding ortho intramolecular Hbond substituents is 1. The van der Waals surface area contributed by atoms with Gasteiger partial charge in [0.1, 0.15) is 5.75 Å². The highest BCUT2D eigenvalue weighted by Gasteiger charge is 2.18. The molecule has 40 heavy (non-hydrogen) atoms. The molecule has 1 aromatic heterocycles. The van der Waals surface area contributed by atoms with Gasteiger partial charge in [0.05, 0.1) is 17.6 Å². The van der Waals surface area contributed by atoms with Crippen LogP contribution in [-0.4, -0.2) is 21.8 Å². The Hall–Kier alpha value is -4.96. The van der Waals surface area contributed by atoms with Crippen molar-refractivity contribution in [3.05, 3.63) is 125 Å². The first-order valence-corrected chi connectivity index (χ1v) is 13.4. The third kappa shape index (κ3) is 4.28. The number of ketones is 1. The molecule has 0 fully saturated rings. The number of rotatable bonds is 5. The zero-order valence-corrected chi connectivity index (χ0v) is 23.1. The Morgan fingerprint density at radius 2 is 1.45 bits per heavy atom. The van der Waals surface area contributed by atoms with Gasteiger partial charge < -0.3 is 5.11 Å². The van der Waals surface area contributed by atoms with E-state index in [0.29, 0.717) is 11.1 Å². The second kappa shape index (κ2) is 9.97. The van der Waals surface area contributed by atoms with Gasteiger partial charge >= 0.3 is 0 Å². The normalized spacial score (nSPS) is 11.6. The number of nitrogens with zero attached hydrogens (tertiary/aromatic N) is 2. The minimum atomic E-state index is -0.00913. The molecule has 0 aliphatic heterocycles. The Labute approximate surface area is 233 Å². The predicted molar refractivity (Wildman–Crippen MR) is 166 cm³/mol. The molecule has 6 aromatic rings. The molecular weight excluding hydrogens is 492 g/mol. The molecule has 0 atom stereocenters. The van der Waals surface area contributed by atoms with Crippen LogP contribution in [0.2, 0.25) is 0 Å². The van der Waals surface area contributed by atoms with Gasteiger partial charge in [0, 0.05) is 27.8 Å². The van der Waals surface area contributed by atoms with Gasteiger partial charge in [0.2, 0.25) is 0 Å². The molecule has 0 spiro atoms. The van der Waals surface area contributed by atoms with E-state index in [1.165, 1.54) is 5.56 Å². The summed E-state index contributed by atoms with van der Waals surface area (Å²) in [5.41, 5.74) is 7.87. The number of phenols is 1. The summed E-state index contributed by atoms with van der Waals surface area (Å²) in [7, 11) is 0. The summed E-state index contributed by atoms with van der Waals surface area (Å²) in [5.74, 6) is 0.155. The monoisotopic (exact) mass is 522 g/mol. The summed E-state index contributed by atoms with van der Waals surface area (Å²) in [6.45, 7) is 7.61. The van der Waals surface area contributed by atoms with Crippen molar-refractivity contribution in [3.63, 3.8) is 0 Å². The van der Waals surface area contributed by atoms with E-state index in [1.54, 1.807) is 17.8 Å². The highest BCUT2D eigenvalue weighted by molar-refractivity contribution is 6.14. The SMILES string of the molecule is CC(=O)c1cc(-c2ccc(C)cc2C)n(/N=C\c2cccc(-c3c4ccccc4cc4ccccc34)c2O)c1C. The minimum absolute atomic E-state index is 0.00913. The van der Waals surface area contributed by atoms with Crippen LogP contribution in [0.15, 0.2) is 102 Å². The van der Waals surface area contributed by atoms with E-state index >= 15 is 0 Å². The Balaban J connectivity index is 1.52. The lowest BCUT2D eigenvalue weighted by molar-refractivity contribution is 0.101. The Kier molecular flexibility index (Phi) is 6.31. The van der Waals surface area contributed by atoms with Crippen molar-refractivity contribution < 1.29 is 9.90 Å². The molecule has 0 aliphatic rings. The van der Waals surface area contributed by atoms with Gasteiger partial charge in [0.15, 0.2) is 5.78 Å². The molecule has 0 bridgehead atoms. The van der Waals surface area contributed by atoms with E-state index in [1.807, 2.05) is 55.5 Å². The molecule has 1 heterocycles. The Morgan fingerprint density at radius 3 is 2.10 bits per heavy atom. The summed E-state index contributed by atoms with van der Waals surface area (Å²) in [4.78, 5) is 12.4. The zero-order valence-electron chi connectivity index (χ0n) is 23.1. The van der Waals surface area contributed by atoms with Crippen molar-refractivity contribution in [3.8, 4) is 28.1 Å². The van der Waals surface area contributed by atoms with E-state index in [9.17, 15) is 9.90 Å². The highest BCUT2D eigenvalue weighted by atomic mass is 16.3. The van der Waals surface area contributed by atoms with Gasteiger partial charge in [-0.3, -0.25) is 4.79 Å². The Morgan fingerprint density at radius 1 is 0.775 bits per heavy atom. The fourth-order valence-electron chi connectivity index (χ4n) is 5.69. The summed E-state index contributed by atoms with van der Waals surface area (Å²) >= 11 is 0. The number of fused-ring (bicyclic) bond motifs is 2. The summed E-state index contributed by atoms with van der Waals surface area (Å²) in [6, 6.07) is 32.6. The van der Waals surface area contributed by atoms with Crippen molar-refractivity contribution in [2.24, 2.45) is 5.10 Å². The molecule has 0 saturated heterocycles. The molecule has 1 N–H and O–H groups in total. The van der Waals surface area contributed by atoms with Crippen LogP contribution in [0.3, 0.4) is 0 Å². The topological polar surface area (TPSA) is 54.6 Å². The summed E-state index contributed by atoms with van der Waals surface area (Å²) in [5, 5.41) is 20.8. The molecular formula is C36H30N2O2. The quantitative estimate of drug-likeness (QED) is 0.140. The molecule has 5 aromatic carbocycles. The van der Waals surface area contributed by atoms with Crippen LogP contribution < -0.4 is 0 Å².